The Morgan fingerprint density at radius 1 is 1.28 bits per heavy atom. The second kappa shape index (κ2) is 4.88. The molecule has 0 bridgehead atoms. The summed E-state index contributed by atoms with van der Waals surface area (Å²) in [4.78, 5) is 3.55. The first-order valence-corrected chi connectivity index (χ1v) is 6.65. The Morgan fingerprint density at radius 2 is 2.17 bits per heavy atom. The van der Waals surface area contributed by atoms with E-state index in [0.717, 1.165) is 12.1 Å². The molecule has 1 heterocycles. The molecule has 2 N–H and O–H groups in total. The van der Waals surface area contributed by atoms with Crippen molar-refractivity contribution in [3.05, 3.63) is 35.0 Å². The Hall–Kier alpha value is -1.72. The number of fused-ring (bicyclic) bond motifs is 3. The molecule has 1 aliphatic rings. The van der Waals surface area contributed by atoms with Gasteiger partial charge in [-0.05, 0) is 56.5 Å². The minimum Gasteiger partial charge on any atom is -0.358 e. The first-order valence-electron chi connectivity index (χ1n) is 6.65. The Morgan fingerprint density at radius 3 is 3.06 bits per heavy atom. The van der Waals surface area contributed by atoms with E-state index in [1.165, 1.54) is 47.8 Å². The van der Waals surface area contributed by atoms with E-state index < -0.39 is 0 Å². The van der Waals surface area contributed by atoms with Crippen molar-refractivity contribution in [2.24, 2.45) is 0 Å². The van der Waals surface area contributed by atoms with Gasteiger partial charge < -0.3 is 10.3 Å². The lowest BCUT2D eigenvalue weighted by molar-refractivity contribution is 0.680. The molecule has 0 saturated heterocycles. The van der Waals surface area contributed by atoms with E-state index >= 15 is 0 Å². The molecule has 0 radical (unpaired) electrons. The molecular weight excluding hydrogens is 220 g/mol. The molecule has 18 heavy (non-hydrogen) atoms. The van der Waals surface area contributed by atoms with Crippen LogP contribution in [0.3, 0.4) is 0 Å². The van der Waals surface area contributed by atoms with Gasteiger partial charge in [0.2, 0.25) is 0 Å². The summed E-state index contributed by atoms with van der Waals surface area (Å²) in [5.74, 6) is 6.32. The smallest absolute Gasteiger partial charge is 0.0577 e. The lowest BCUT2D eigenvalue weighted by Crippen LogP contribution is -2.04. The van der Waals surface area contributed by atoms with Crippen LogP contribution in [-0.4, -0.2) is 18.6 Å². The number of aromatic amines is 1. The molecule has 2 aromatic rings. The van der Waals surface area contributed by atoms with E-state index in [0.29, 0.717) is 0 Å². The molecule has 1 aromatic carbocycles. The minimum absolute atomic E-state index is 0.739. The van der Waals surface area contributed by atoms with Crippen LogP contribution in [0, 0.1) is 11.8 Å². The number of aryl methyl sites for hydroxylation is 2. The van der Waals surface area contributed by atoms with E-state index in [1.807, 2.05) is 7.05 Å². The van der Waals surface area contributed by atoms with Gasteiger partial charge in [-0.1, -0.05) is 11.8 Å². The van der Waals surface area contributed by atoms with Crippen molar-refractivity contribution in [3.63, 3.8) is 0 Å². The zero-order valence-electron chi connectivity index (χ0n) is 10.8. The monoisotopic (exact) mass is 238 g/mol. The lowest BCUT2D eigenvalue weighted by atomic mass is 9.95. The molecule has 3 rings (SSSR count). The molecule has 2 heteroatoms. The van der Waals surface area contributed by atoms with Gasteiger partial charge >= 0.3 is 0 Å². The van der Waals surface area contributed by atoms with E-state index in [9.17, 15) is 0 Å². The number of H-pyrrole nitrogens is 1. The predicted octanol–water partition coefficient (Wildman–Crippen LogP) is 2.62. The van der Waals surface area contributed by atoms with Crippen LogP contribution < -0.4 is 5.32 Å². The topological polar surface area (TPSA) is 27.8 Å². The second-order valence-corrected chi connectivity index (χ2v) is 4.88. The predicted molar refractivity (Wildman–Crippen MR) is 75.7 cm³/mol. The highest BCUT2D eigenvalue weighted by molar-refractivity contribution is 5.86. The molecule has 0 fully saturated rings. The van der Waals surface area contributed by atoms with Gasteiger partial charge in [-0.3, -0.25) is 0 Å². The van der Waals surface area contributed by atoms with E-state index in [2.05, 4.69) is 40.3 Å². The van der Waals surface area contributed by atoms with Gasteiger partial charge in [0.15, 0.2) is 0 Å². The van der Waals surface area contributed by atoms with Gasteiger partial charge in [-0.15, -0.1) is 0 Å². The zero-order chi connectivity index (χ0) is 12.4. The number of nitrogens with one attached hydrogen (secondary N) is 2. The number of hydrogen-bond donors (Lipinski definition) is 2. The zero-order valence-corrected chi connectivity index (χ0v) is 10.8. The summed E-state index contributed by atoms with van der Waals surface area (Å²) >= 11 is 0. The van der Waals surface area contributed by atoms with Crippen LogP contribution in [0.5, 0.6) is 0 Å². The fourth-order valence-electron chi connectivity index (χ4n) is 2.72. The van der Waals surface area contributed by atoms with E-state index in [1.54, 1.807) is 0 Å². The van der Waals surface area contributed by atoms with Crippen LogP contribution >= 0.6 is 0 Å². The van der Waals surface area contributed by atoms with Gasteiger partial charge in [0.25, 0.3) is 0 Å². The van der Waals surface area contributed by atoms with Crippen LogP contribution in [0.1, 0.15) is 29.7 Å². The first kappa shape index (κ1) is 11.4. The Balaban J connectivity index is 2.03. The van der Waals surface area contributed by atoms with Crippen molar-refractivity contribution in [3.8, 4) is 11.8 Å². The third-order valence-corrected chi connectivity index (χ3v) is 3.60. The highest BCUT2D eigenvalue weighted by Crippen LogP contribution is 2.29. The minimum atomic E-state index is 0.739. The van der Waals surface area contributed by atoms with Crippen LogP contribution in [0.15, 0.2) is 18.2 Å². The summed E-state index contributed by atoms with van der Waals surface area (Å²) in [5.41, 5.74) is 5.34. The van der Waals surface area contributed by atoms with Crippen molar-refractivity contribution < 1.29 is 0 Å². The van der Waals surface area contributed by atoms with Gasteiger partial charge in [0, 0.05) is 22.2 Å². The van der Waals surface area contributed by atoms with Crippen LogP contribution in [0.4, 0.5) is 0 Å². The molecule has 0 saturated carbocycles. The maximum Gasteiger partial charge on any atom is 0.0577 e. The SMILES string of the molecule is CNCC#Cc1ccc2[nH]c3c(c2c1)CCCC3. The van der Waals surface area contributed by atoms with E-state index in [4.69, 9.17) is 0 Å². The summed E-state index contributed by atoms with van der Waals surface area (Å²) < 4.78 is 0. The molecule has 0 unspecified atom stereocenters. The largest absolute Gasteiger partial charge is 0.358 e. The Labute approximate surface area is 108 Å². The third-order valence-electron chi connectivity index (χ3n) is 3.60. The Bertz CT molecular complexity index is 626. The van der Waals surface area contributed by atoms with Crippen LogP contribution in [0.25, 0.3) is 10.9 Å². The third kappa shape index (κ3) is 2.02. The maximum atomic E-state index is 3.55. The maximum absolute atomic E-state index is 3.55. The molecule has 1 aromatic heterocycles. The van der Waals surface area contributed by atoms with Crippen molar-refractivity contribution in [1.82, 2.24) is 10.3 Å². The summed E-state index contributed by atoms with van der Waals surface area (Å²) in [6, 6.07) is 6.50. The number of hydrogen-bond acceptors (Lipinski definition) is 1. The molecule has 92 valence electrons. The average Bonchev–Trinajstić information content (AvgIpc) is 2.77. The molecule has 0 atom stereocenters. The molecule has 0 aliphatic heterocycles. The van der Waals surface area contributed by atoms with Crippen LogP contribution in [0.2, 0.25) is 0 Å². The first-order chi connectivity index (χ1) is 8.88. The van der Waals surface area contributed by atoms with Gasteiger partial charge in [-0.25, -0.2) is 0 Å². The van der Waals surface area contributed by atoms with Crippen molar-refractivity contribution in [2.45, 2.75) is 25.7 Å². The van der Waals surface area contributed by atoms with Crippen molar-refractivity contribution >= 4 is 10.9 Å². The summed E-state index contributed by atoms with van der Waals surface area (Å²) in [6.45, 7) is 0.739. The molecule has 1 aliphatic carbocycles. The van der Waals surface area contributed by atoms with Gasteiger partial charge in [0.1, 0.15) is 0 Å². The quantitative estimate of drug-likeness (QED) is 0.734. The fraction of sp³-hybridized carbons (Fsp3) is 0.375. The second-order valence-electron chi connectivity index (χ2n) is 4.88. The van der Waals surface area contributed by atoms with Crippen molar-refractivity contribution in [2.75, 3.05) is 13.6 Å². The highest BCUT2D eigenvalue weighted by Gasteiger charge is 2.14. The summed E-state index contributed by atoms with van der Waals surface area (Å²) in [7, 11) is 1.92. The molecule has 0 amide bonds. The molecule has 0 spiro atoms. The molecule has 2 nitrogen and oxygen atoms in total. The number of rotatable bonds is 1. The number of benzene rings is 1. The summed E-state index contributed by atoms with van der Waals surface area (Å²) in [6.07, 6.45) is 5.04. The van der Waals surface area contributed by atoms with Gasteiger partial charge in [-0.2, -0.15) is 0 Å². The van der Waals surface area contributed by atoms with Crippen LogP contribution in [-0.2, 0) is 12.8 Å². The highest BCUT2D eigenvalue weighted by atomic mass is 14.8. The molecular formula is C16H18N2. The van der Waals surface area contributed by atoms with E-state index in [-0.39, 0.29) is 0 Å². The Kier molecular flexibility index (Phi) is 3.08. The fourth-order valence-corrected chi connectivity index (χ4v) is 2.72. The number of aromatic nitrogens is 1. The van der Waals surface area contributed by atoms with Crippen molar-refractivity contribution in [1.29, 1.82) is 0 Å². The standard InChI is InChI=1S/C16H18N2/c1-17-10-4-5-12-8-9-16-14(11-12)13-6-2-3-7-15(13)18-16/h8-9,11,17-18H,2-3,6-7,10H2,1H3. The summed E-state index contributed by atoms with van der Waals surface area (Å²) in [5, 5.41) is 4.42. The lowest BCUT2D eigenvalue weighted by Gasteiger charge is -2.10. The average molecular weight is 238 g/mol. The van der Waals surface area contributed by atoms with Gasteiger partial charge in [0.05, 0.1) is 6.54 Å². The normalized spacial score (nSPS) is 14.1.